The summed E-state index contributed by atoms with van der Waals surface area (Å²) in [6.07, 6.45) is 6.45. The van der Waals surface area contributed by atoms with Gasteiger partial charge in [0, 0.05) is 37.9 Å². The summed E-state index contributed by atoms with van der Waals surface area (Å²) in [4.78, 5) is 17.7. The lowest BCUT2D eigenvalue weighted by atomic mass is 9.84. The molecule has 2 aromatic carbocycles. The first-order chi connectivity index (χ1) is 13.7. The highest BCUT2D eigenvalue weighted by Gasteiger charge is 2.18. The minimum Gasteiger partial charge on any atom is -0.456 e. The fourth-order valence-electron chi connectivity index (χ4n) is 4.81. The van der Waals surface area contributed by atoms with Crippen LogP contribution >= 0.6 is 0 Å². The number of fused-ring (bicyclic) bond motifs is 2. The van der Waals surface area contributed by atoms with Crippen LogP contribution < -0.4 is 10.3 Å². The van der Waals surface area contributed by atoms with Crippen LogP contribution in [0, 0.1) is 0 Å². The van der Waals surface area contributed by atoms with E-state index in [4.69, 9.17) is 4.42 Å². The van der Waals surface area contributed by atoms with Crippen LogP contribution in [0.25, 0.3) is 21.9 Å². The van der Waals surface area contributed by atoms with Gasteiger partial charge in [-0.15, -0.1) is 0 Å². The maximum atomic E-state index is 13.0. The van der Waals surface area contributed by atoms with Crippen molar-refractivity contribution >= 4 is 27.6 Å². The highest BCUT2D eigenvalue weighted by Crippen LogP contribution is 2.34. The molecule has 1 saturated heterocycles. The monoisotopic (exact) mass is 376 g/mol. The third kappa shape index (κ3) is 3.20. The molecule has 5 rings (SSSR count). The van der Waals surface area contributed by atoms with E-state index in [0.29, 0.717) is 22.3 Å². The Balaban J connectivity index is 1.56. The van der Waals surface area contributed by atoms with Crippen molar-refractivity contribution in [3.63, 3.8) is 0 Å². The minimum absolute atomic E-state index is 0.0800. The first kappa shape index (κ1) is 17.7. The molecule has 28 heavy (non-hydrogen) atoms. The molecule has 1 aliphatic heterocycles. The van der Waals surface area contributed by atoms with Gasteiger partial charge in [-0.25, -0.2) is 0 Å². The van der Waals surface area contributed by atoms with E-state index in [1.807, 2.05) is 12.1 Å². The zero-order chi connectivity index (χ0) is 19.1. The van der Waals surface area contributed by atoms with Crippen LogP contribution in [-0.4, -0.2) is 38.1 Å². The average molecular weight is 377 g/mol. The molecule has 0 amide bonds. The normalized spacial score (nSPS) is 19.5. The molecule has 0 unspecified atom stereocenters. The van der Waals surface area contributed by atoms with Gasteiger partial charge < -0.3 is 14.2 Å². The molecule has 1 aliphatic carbocycles. The van der Waals surface area contributed by atoms with Crippen LogP contribution in [0.2, 0.25) is 0 Å². The van der Waals surface area contributed by atoms with E-state index in [-0.39, 0.29) is 5.43 Å². The molecule has 2 heterocycles. The summed E-state index contributed by atoms with van der Waals surface area (Å²) < 4.78 is 6.27. The molecule has 3 aromatic rings. The van der Waals surface area contributed by atoms with Crippen molar-refractivity contribution in [1.29, 1.82) is 0 Å². The maximum Gasteiger partial charge on any atom is 0.200 e. The lowest BCUT2D eigenvalue weighted by Crippen LogP contribution is -2.44. The first-order valence-electron chi connectivity index (χ1n) is 10.6. The van der Waals surface area contributed by atoms with Gasteiger partial charge in [0.15, 0.2) is 0 Å². The molecule has 146 valence electrons. The van der Waals surface area contributed by atoms with Crippen molar-refractivity contribution in [2.24, 2.45) is 0 Å². The Kier molecular flexibility index (Phi) is 4.59. The molecule has 0 bridgehead atoms. The number of anilines is 1. The summed E-state index contributed by atoms with van der Waals surface area (Å²) in [5.74, 6) is 0.607. The SMILES string of the molecule is CN1CCN(c2ccc3c(=O)c4ccc(C5CCCCC5)cc4oc3c2)CC1. The molecule has 1 saturated carbocycles. The standard InChI is InChI=1S/C24H28N2O2/c1-25-11-13-26(14-12-25)19-8-10-21-23(16-19)28-22-15-18(7-9-20(22)24(21)27)17-5-3-2-4-6-17/h7-10,15-17H,2-6,11-14H2,1H3. The molecule has 0 N–H and O–H groups in total. The van der Waals surface area contributed by atoms with E-state index in [9.17, 15) is 4.79 Å². The molecule has 0 atom stereocenters. The van der Waals surface area contributed by atoms with Gasteiger partial charge in [-0.05, 0) is 55.6 Å². The summed E-state index contributed by atoms with van der Waals surface area (Å²) in [5.41, 5.74) is 3.98. The number of likely N-dealkylation sites (N-methyl/N-ethyl adjacent to an activating group) is 1. The van der Waals surface area contributed by atoms with Crippen LogP contribution in [0.3, 0.4) is 0 Å². The predicted octanol–water partition coefficient (Wildman–Crippen LogP) is 4.75. The molecule has 4 heteroatoms. The largest absolute Gasteiger partial charge is 0.456 e. The molecule has 1 aromatic heterocycles. The van der Waals surface area contributed by atoms with Crippen LogP contribution in [0.1, 0.15) is 43.6 Å². The van der Waals surface area contributed by atoms with E-state index in [2.05, 4.69) is 41.1 Å². The Bertz CT molecular complexity index is 1060. The topological polar surface area (TPSA) is 36.7 Å². The number of piperazine rings is 1. The molecule has 2 fully saturated rings. The second-order valence-electron chi connectivity index (χ2n) is 8.49. The van der Waals surface area contributed by atoms with E-state index < -0.39 is 0 Å². The third-order valence-electron chi connectivity index (χ3n) is 6.63. The van der Waals surface area contributed by atoms with Gasteiger partial charge in [-0.1, -0.05) is 25.3 Å². The van der Waals surface area contributed by atoms with Crippen molar-refractivity contribution in [3.8, 4) is 0 Å². The van der Waals surface area contributed by atoms with E-state index in [1.54, 1.807) is 0 Å². The summed E-state index contributed by atoms with van der Waals surface area (Å²) in [7, 11) is 2.16. The fourth-order valence-corrected chi connectivity index (χ4v) is 4.81. The zero-order valence-electron chi connectivity index (χ0n) is 16.6. The van der Waals surface area contributed by atoms with Gasteiger partial charge in [0.25, 0.3) is 0 Å². The van der Waals surface area contributed by atoms with Gasteiger partial charge in [-0.3, -0.25) is 4.79 Å². The molecule has 0 radical (unpaired) electrons. The summed E-state index contributed by atoms with van der Waals surface area (Å²) in [5, 5.41) is 1.37. The van der Waals surface area contributed by atoms with Gasteiger partial charge in [0.2, 0.25) is 5.43 Å². The van der Waals surface area contributed by atoms with Crippen molar-refractivity contribution in [3.05, 3.63) is 52.2 Å². The Morgan fingerprint density at radius 3 is 2.29 bits per heavy atom. The van der Waals surface area contributed by atoms with Crippen molar-refractivity contribution in [2.75, 3.05) is 38.1 Å². The van der Waals surface area contributed by atoms with Crippen molar-refractivity contribution < 1.29 is 4.42 Å². The van der Waals surface area contributed by atoms with Crippen LogP contribution in [0.15, 0.2) is 45.6 Å². The number of nitrogens with zero attached hydrogens (tertiary/aromatic N) is 2. The highest BCUT2D eigenvalue weighted by molar-refractivity contribution is 5.91. The summed E-state index contributed by atoms with van der Waals surface area (Å²) in [6.45, 7) is 4.13. The van der Waals surface area contributed by atoms with Gasteiger partial charge in [0.1, 0.15) is 11.2 Å². The van der Waals surface area contributed by atoms with Crippen molar-refractivity contribution in [2.45, 2.75) is 38.0 Å². The Morgan fingerprint density at radius 2 is 1.54 bits per heavy atom. The number of benzene rings is 2. The number of hydrogen-bond acceptors (Lipinski definition) is 4. The number of rotatable bonds is 2. The van der Waals surface area contributed by atoms with Gasteiger partial charge in [-0.2, -0.15) is 0 Å². The van der Waals surface area contributed by atoms with Gasteiger partial charge >= 0.3 is 0 Å². The Labute approximate surface area is 165 Å². The molecular weight excluding hydrogens is 348 g/mol. The highest BCUT2D eigenvalue weighted by atomic mass is 16.3. The van der Waals surface area contributed by atoms with E-state index in [1.165, 1.54) is 37.7 Å². The Hall–Kier alpha value is -2.33. The van der Waals surface area contributed by atoms with Crippen LogP contribution in [-0.2, 0) is 0 Å². The summed E-state index contributed by atoms with van der Waals surface area (Å²) >= 11 is 0. The molecule has 2 aliphatic rings. The smallest absolute Gasteiger partial charge is 0.200 e. The van der Waals surface area contributed by atoms with E-state index >= 15 is 0 Å². The minimum atomic E-state index is 0.0800. The second-order valence-corrected chi connectivity index (χ2v) is 8.49. The first-order valence-corrected chi connectivity index (χ1v) is 10.6. The van der Waals surface area contributed by atoms with Gasteiger partial charge in [0.05, 0.1) is 10.8 Å². The van der Waals surface area contributed by atoms with Crippen molar-refractivity contribution in [1.82, 2.24) is 4.90 Å². The Morgan fingerprint density at radius 1 is 0.857 bits per heavy atom. The third-order valence-corrected chi connectivity index (χ3v) is 6.63. The van der Waals surface area contributed by atoms with Crippen LogP contribution in [0.4, 0.5) is 5.69 Å². The molecular formula is C24H28N2O2. The maximum absolute atomic E-state index is 13.0. The zero-order valence-corrected chi connectivity index (χ0v) is 16.6. The van der Waals surface area contributed by atoms with Crippen LogP contribution in [0.5, 0.6) is 0 Å². The number of hydrogen-bond donors (Lipinski definition) is 0. The second kappa shape index (κ2) is 7.25. The lowest BCUT2D eigenvalue weighted by Gasteiger charge is -2.34. The van der Waals surface area contributed by atoms with E-state index in [0.717, 1.165) is 37.4 Å². The quantitative estimate of drug-likeness (QED) is 0.605. The predicted molar refractivity (Wildman–Crippen MR) is 116 cm³/mol. The average Bonchev–Trinajstić information content (AvgIpc) is 2.74. The molecule has 0 spiro atoms. The fraction of sp³-hybridized carbons (Fsp3) is 0.458. The lowest BCUT2D eigenvalue weighted by molar-refractivity contribution is 0.313. The molecule has 4 nitrogen and oxygen atoms in total. The summed E-state index contributed by atoms with van der Waals surface area (Å²) in [6, 6.07) is 12.3.